The number of carbonyl (C=O) groups excluding carboxylic acids is 2. The second kappa shape index (κ2) is 11.9. The summed E-state index contributed by atoms with van der Waals surface area (Å²) in [6.07, 6.45) is -4.88. The van der Waals surface area contributed by atoms with Crippen LogP contribution in [0.15, 0.2) is 60.7 Å². The first-order valence-corrected chi connectivity index (χ1v) is 12.2. The lowest BCUT2D eigenvalue weighted by Crippen LogP contribution is -2.28. The van der Waals surface area contributed by atoms with Gasteiger partial charge in [-0.15, -0.1) is 0 Å². The lowest BCUT2D eigenvalue weighted by Gasteiger charge is -2.13. The van der Waals surface area contributed by atoms with Crippen LogP contribution < -0.4 is 11.1 Å². The van der Waals surface area contributed by atoms with Gasteiger partial charge in [-0.25, -0.2) is 4.79 Å². The van der Waals surface area contributed by atoms with Crippen molar-refractivity contribution in [1.82, 2.24) is 15.1 Å². The smallest absolute Gasteiger partial charge is 0.417 e. The molecular formula is C27H22ClF3N4O5. The van der Waals surface area contributed by atoms with Crippen LogP contribution in [0.1, 0.15) is 36.6 Å². The lowest BCUT2D eigenvalue weighted by molar-refractivity contribution is -0.137. The van der Waals surface area contributed by atoms with Gasteiger partial charge in [0.05, 0.1) is 40.4 Å². The van der Waals surface area contributed by atoms with Gasteiger partial charge in [0.25, 0.3) is 11.8 Å². The minimum absolute atomic E-state index is 0.00357. The Kier molecular flexibility index (Phi) is 8.52. The fourth-order valence-corrected chi connectivity index (χ4v) is 4.26. The lowest BCUT2D eigenvalue weighted by atomic mass is 10.0. The van der Waals surface area contributed by atoms with Gasteiger partial charge in [0.1, 0.15) is 5.69 Å². The molecule has 1 heterocycles. The highest BCUT2D eigenvalue weighted by atomic mass is 35.5. The Morgan fingerprint density at radius 2 is 1.73 bits per heavy atom. The van der Waals surface area contributed by atoms with Gasteiger partial charge >= 0.3 is 12.1 Å². The van der Waals surface area contributed by atoms with Crippen molar-refractivity contribution in [2.24, 2.45) is 5.73 Å². The number of aromatic carboxylic acids is 1. The Morgan fingerprint density at radius 3 is 2.38 bits per heavy atom. The molecule has 0 aliphatic rings. The van der Waals surface area contributed by atoms with Crippen molar-refractivity contribution in [3.8, 4) is 11.3 Å². The van der Waals surface area contributed by atoms with Crippen molar-refractivity contribution >= 4 is 40.3 Å². The van der Waals surface area contributed by atoms with Crippen molar-refractivity contribution in [1.29, 1.82) is 0 Å². The quantitative estimate of drug-likeness (QED) is 0.251. The number of hydrogen-bond acceptors (Lipinski definition) is 6. The van der Waals surface area contributed by atoms with Crippen LogP contribution in [0.5, 0.6) is 0 Å². The highest BCUT2D eigenvalue weighted by molar-refractivity contribution is 6.34. The number of nitrogens with two attached hydrogens (primary N) is 1. The molecule has 1 amide bonds. The molecule has 0 fully saturated rings. The minimum atomic E-state index is -4.88. The van der Waals surface area contributed by atoms with Crippen molar-refractivity contribution in [2.45, 2.75) is 6.18 Å². The summed E-state index contributed by atoms with van der Waals surface area (Å²) in [5.74, 6) is -2.83. The van der Waals surface area contributed by atoms with Gasteiger partial charge in [0.15, 0.2) is 0 Å². The van der Waals surface area contributed by atoms with E-state index < -0.39 is 40.1 Å². The molecule has 0 aliphatic heterocycles. The van der Waals surface area contributed by atoms with Crippen molar-refractivity contribution in [3.63, 3.8) is 0 Å². The Morgan fingerprint density at radius 1 is 1.02 bits per heavy atom. The molecule has 0 spiro atoms. The van der Waals surface area contributed by atoms with Crippen LogP contribution in [-0.2, 0) is 10.9 Å². The summed E-state index contributed by atoms with van der Waals surface area (Å²) in [6.45, 7) is 1.03. The number of ether oxygens (including phenoxy) is 1. The topological polar surface area (TPSA) is 137 Å². The number of nitrogens with one attached hydrogen (secondary N) is 1. The average molecular weight is 575 g/mol. The molecule has 0 saturated heterocycles. The second-order valence-corrected chi connectivity index (χ2v) is 8.90. The predicted octanol–water partition coefficient (Wildman–Crippen LogP) is 4.47. The number of carbonyl (C=O) groups is 3. The maximum Gasteiger partial charge on any atom is 0.417 e. The van der Waals surface area contributed by atoms with Gasteiger partial charge in [-0.05, 0) is 42.5 Å². The van der Waals surface area contributed by atoms with Gasteiger partial charge in [-0.2, -0.15) is 23.0 Å². The SMILES string of the molecule is NCCOCCNC(=O)c1ccc2c(-c3ccc(C(=O)O)cc3)nn(C(=O)c3c(Cl)cccc3C(F)(F)F)c2c1. The fourth-order valence-electron chi connectivity index (χ4n) is 4.00. The van der Waals surface area contributed by atoms with E-state index in [0.29, 0.717) is 24.1 Å². The Labute approximate surface area is 230 Å². The zero-order chi connectivity index (χ0) is 29.0. The third kappa shape index (κ3) is 5.98. The zero-order valence-corrected chi connectivity index (χ0v) is 21.4. The third-order valence-electron chi connectivity index (χ3n) is 5.87. The van der Waals surface area contributed by atoms with Gasteiger partial charge in [0, 0.05) is 29.6 Å². The number of nitrogens with zero attached hydrogens (tertiary/aromatic N) is 2. The Bertz CT molecular complexity index is 1590. The fraction of sp³-hybridized carbons (Fsp3) is 0.185. The molecule has 9 nitrogen and oxygen atoms in total. The molecule has 40 heavy (non-hydrogen) atoms. The molecule has 3 aromatic carbocycles. The van der Waals surface area contributed by atoms with Crippen LogP contribution in [0.3, 0.4) is 0 Å². The second-order valence-electron chi connectivity index (χ2n) is 8.50. The molecule has 0 aliphatic carbocycles. The van der Waals surface area contributed by atoms with E-state index >= 15 is 0 Å². The summed E-state index contributed by atoms with van der Waals surface area (Å²) >= 11 is 6.08. The van der Waals surface area contributed by atoms with Crippen molar-refractivity contribution < 1.29 is 37.4 Å². The molecular weight excluding hydrogens is 553 g/mol. The Balaban J connectivity index is 1.84. The summed E-state index contributed by atoms with van der Waals surface area (Å²) in [7, 11) is 0. The molecule has 0 unspecified atom stereocenters. The van der Waals surface area contributed by atoms with Crippen LogP contribution in [-0.4, -0.2) is 59.0 Å². The first-order chi connectivity index (χ1) is 19.0. The van der Waals surface area contributed by atoms with E-state index in [4.69, 9.17) is 22.1 Å². The summed E-state index contributed by atoms with van der Waals surface area (Å²) in [6, 6.07) is 12.9. The predicted molar refractivity (Wildman–Crippen MR) is 141 cm³/mol. The normalized spacial score (nSPS) is 11.5. The molecule has 0 radical (unpaired) electrons. The van der Waals surface area contributed by atoms with E-state index in [2.05, 4.69) is 10.4 Å². The zero-order valence-electron chi connectivity index (χ0n) is 20.7. The van der Waals surface area contributed by atoms with E-state index in [1.165, 1.54) is 42.5 Å². The van der Waals surface area contributed by atoms with Gasteiger partial charge in [0.2, 0.25) is 0 Å². The van der Waals surface area contributed by atoms with Gasteiger partial charge < -0.3 is 20.9 Å². The van der Waals surface area contributed by atoms with Crippen LogP contribution in [0.25, 0.3) is 22.2 Å². The standard InChI is InChI=1S/C27H22ClF3N4O5/c28-20-3-1-2-19(27(29,30)31)22(20)25(37)35-21-14-17(24(36)33-11-13-40-12-10-32)8-9-18(21)23(34-35)15-4-6-16(7-5-15)26(38)39/h1-9,14H,10-13,32H2,(H,33,36)(H,38,39). The van der Waals surface area contributed by atoms with E-state index in [-0.39, 0.29) is 35.5 Å². The number of halogens is 4. The molecule has 4 rings (SSSR count). The number of carboxylic acid groups (broad SMARTS) is 1. The number of carboxylic acids is 1. The summed E-state index contributed by atoms with van der Waals surface area (Å²) in [4.78, 5) is 37.6. The van der Waals surface area contributed by atoms with E-state index in [1.807, 2.05) is 0 Å². The summed E-state index contributed by atoms with van der Waals surface area (Å²) in [5, 5.41) is 16.1. The number of amides is 1. The monoisotopic (exact) mass is 574 g/mol. The number of hydrogen-bond donors (Lipinski definition) is 3. The molecule has 4 aromatic rings. The maximum atomic E-state index is 13.8. The van der Waals surface area contributed by atoms with Crippen LogP contribution in [0.4, 0.5) is 13.2 Å². The number of benzene rings is 3. The van der Waals surface area contributed by atoms with Gasteiger partial charge in [-0.1, -0.05) is 29.8 Å². The molecule has 208 valence electrons. The first kappa shape index (κ1) is 28.7. The molecule has 4 N–H and O–H groups in total. The van der Waals surface area contributed by atoms with Crippen LogP contribution >= 0.6 is 11.6 Å². The Hall–Kier alpha value is -4.26. The molecule has 13 heteroatoms. The van der Waals surface area contributed by atoms with Crippen molar-refractivity contribution in [3.05, 3.63) is 87.9 Å². The average Bonchev–Trinajstić information content (AvgIpc) is 3.31. The maximum absolute atomic E-state index is 13.8. The molecule has 0 saturated carbocycles. The summed E-state index contributed by atoms with van der Waals surface area (Å²) in [5.41, 5.74) is 4.05. The molecule has 0 bridgehead atoms. The van der Waals surface area contributed by atoms with E-state index in [1.54, 1.807) is 0 Å². The number of alkyl halides is 3. The largest absolute Gasteiger partial charge is 0.478 e. The van der Waals surface area contributed by atoms with Crippen molar-refractivity contribution in [2.75, 3.05) is 26.3 Å². The first-order valence-electron chi connectivity index (χ1n) is 11.9. The van der Waals surface area contributed by atoms with Gasteiger partial charge in [-0.3, -0.25) is 9.59 Å². The summed E-state index contributed by atoms with van der Waals surface area (Å²) < 4.78 is 47.4. The highest BCUT2D eigenvalue weighted by Crippen LogP contribution is 2.37. The van der Waals surface area contributed by atoms with E-state index in [0.717, 1.165) is 22.9 Å². The minimum Gasteiger partial charge on any atom is -0.478 e. The molecule has 1 aromatic heterocycles. The number of fused-ring (bicyclic) bond motifs is 1. The van der Waals surface area contributed by atoms with Crippen LogP contribution in [0, 0.1) is 0 Å². The third-order valence-corrected chi connectivity index (χ3v) is 6.18. The molecule has 0 atom stereocenters. The van der Waals surface area contributed by atoms with Crippen LogP contribution in [0.2, 0.25) is 5.02 Å². The number of aromatic nitrogens is 2. The number of rotatable bonds is 9. The van der Waals surface area contributed by atoms with E-state index in [9.17, 15) is 32.7 Å². The highest BCUT2D eigenvalue weighted by Gasteiger charge is 2.37.